The van der Waals surface area contributed by atoms with Crippen LogP contribution >= 0.6 is 0 Å². The summed E-state index contributed by atoms with van der Waals surface area (Å²) in [6.07, 6.45) is 0.407. The third-order valence-corrected chi connectivity index (χ3v) is 4.21. The Balaban J connectivity index is 1.80. The summed E-state index contributed by atoms with van der Waals surface area (Å²) in [5.74, 6) is 0.791. The molecule has 0 aliphatic heterocycles. The van der Waals surface area contributed by atoms with E-state index in [0.29, 0.717) is 19.6 Å². The van der Waals surface area contributed by atoms with Crippen molar-refractivity contribution in [2.75, 3.05) is 13.2 Å². The zero-order valence-corrected chi connectivity index (χ0v) is 15.1. The molecule has 0 bridgehead atoms. The molecule has 0 fully saturated rings. The molecule has 0 spiro atoms. The quantitative estimate of drug-likeness (QED) is 0.617. The highest BCUT2D eigenvalue weighted by atomic mass is 16.5. The largest absolute Gasteiger partial charge is 0.494 e. The fraction of sp³-hybridized carbons (Fsp3) is 0.429. The first-order chi connectivity index (χ1) is 12.1. The predicted octanol–water partition coefficient (Wildman–Crippen LogP) is 3.61. The molecule has 2 rings (SSSR count). The topological polar surface area (TPSA) is 61.7 Å². The summed E-state index contributed by atoms with van der Waals surface area (Å²) in [6, 6.07) is 17.1. The van der Waals surface area contributed by atoms with Crippen molar-refractivity contribution in [3.8, 4) is 5.75 Å². The number of ether oxygens (including phenoxy) is 1. The van der Waals surface area contributed by atoms with E-state index in [4.69, 9.17) is 4.74 Å². The Morgan fingerprint density at radius 3 is 2.44 bits per heavy atom. The second-order valence-corrected chi connectivity index (χ2v) is 6.32. The van der Waals surface area contributed by atoms with E-state index < -0.39 is 12.2 Å². The van der Waals surface area contributed by atoms with E-state index in [0.717, 1.165) is 23.3 Å². The monoisotopic (exact) mass is 343 g/mol. The van der Waals surface area contributed by atoms with Crippen LogP contribution in [0.5, 0.6) is 5.75 Å². The van der Waals surface area contributed by atoms with Gasteiger partial charge in [0.2, 0.25) is 0 Å². The van der Waals surface area contributed by atoms with Crippen LogP contribution in [0.15, 0.2) is 54.6 Å². The highest BCUT2D eigenvalue weighted by molar-refractivity contribution is 5.29. The Morgan fingerprint density at radius 1 is 1.00 bits per heavy atom. The summed E-state index contributed by atoms with van der Waals surface area (Å²) in [5, 5.41) is 24.0. The van der Waals surface area contributed by atoms with Crippen LogP contribution in [0.2, 0.25) is 0 Å². The molecule has 0 saturated heterocycles. The normalized spacial score (nSPS) is 14.7. The lowest BCUT2D eigenvalue weighted by Gasteiger charge is -2.21. The highest BCUT2D eigenvalue weighted by Gasteiger charge is 2.16. The Bertz CT molecular complexity index is 618. The smallest absolute Gasteiger partial charge is 0.119 e. The van der Waals surface area contributed by atoms with Crippen LogP contribution in [-0.2, 0) is 0 Å². The van der Waals surface area contributed by atoms with E-state index in [1.807, 2.05) is 61.5 Å². The van der Waals surface area contributed by atoms with Gasteiger partial charge in [-0.05, 0) is 49.6 Å². The Hall–Kier alpha value is -1.88. The lowest BCUT2D eigenvalue weighted by atomic mass is 10.0. The van der Waals surface area contributed by atoms with Gasteiger partial charge in [-0.3, -0.25) is 0 Å². The van der Waals surface area contributed by atoms with Gasteiger partial charge in [-0.15, -0.1) is 0 Å². The van der Waals surface area contributed by atoms with Crippen LogP contribution in [0.1, 0.15) is 50.0 Å². The molecular weight excluding hydrogens is 314 g/mol. The van der Waals surface area contributed by atoms with Crippen LogP contribution in [-0.4, -0.2) is 29.4 Å². The van der Waals surface area contributed by atoms with E-state index in [-0.39, 0.29) is 6.04 Å². The van der Waals surface area contributed by atoms with Crippen molar-refractivity contribution in [3.63, 3.8) is 0 Å². The average Bonchev–Trinajstić information content (AvgIpc) is 2.66. The van der Waals surface area contributed by atoms with Crippen LogP contribution in [0.25, 0.3) is 0 Å². The Labute approximate surface area is 150 Å². The van der Waals surface area contributed by atoms with Crippen LogP contribution in [0.4, 0.5) is 0 Å². The summed E-state index contributed by atoms with van der Waals surface area (Å²) in [7, 11) is 0. The maximum absolute atomic E-state index is 10.4. The second-order valence-electron chi connectivity index (χ2n) is 6.32. The lowest BCUT2D eigenvalue weighted by Crippen LogP contribution is -2.33. The minimum atomic E-state index is -0.566. The minimum Gasteiger partial charge on any atom is -0.494 e. The van der Waals surface area contributed by atoms with Crippen molar-refractivity contribution in [2.45, 2.75) is 44.9 Å². The molecule has 0 amide bonds. The highest BCUT2D eigenvalue weighted by Crippen LogP contribution is 2.22. The molecule has 2 aromatic rings. The third kappa shape index (κ3) is 6.16. The fourth-order valence-electron chi connectivity index (χ4n) is 2.70. The molecule has 3 unspecified atom stereocenters. The van der Waals surface area contributed by atoms with Gasteiger partial charge in [0.15, 0.2) is 0 Å². The van der Waals surface area contributed by atoms with Gasteiger partial charge < -0.3 is 20.3 Å². The molecule has 0 aliphatic rings. The predicted molar refractivity (Wildman–Crippen MR) is 101 cm³/mol. The first-order valence-corrected chi connectivity index (χ1v) is 8.99. The molecule has 0 saturated carbocycles. The number of rotatable bonds is 10. The average molecular weight is 343 g/mol. The molecule has 136 valence electrons. The van der Waals surface area contributed by atoms with Gasteiger partial charge >= 0.3 is 0 Å². The SMILES string of the molecule is CCCOc1cccc(C(O)CCNC(C)C(O)c2ccccc2)c1. The maximum Gasteiger partial charge on any atom is 0.119 e. The summed E-state index contributed by atoms with van der Waals surface area (Å²) in [5.41, 5.74) is 1.75. The van der Waals surface area contributed by atoms with E-state index in [9.17, 15) is 10.2 Å². The molecule has 3 N–H and O–H groups in total. The number of hydrogen-bond acceptors (Lipinski definition) is 4. The van der Waals surface area contributed by atoms with Crippen LogP contribution in [0.3, 0.4) is 0 Å². The van der Waals surface area contributed by atoms with Gasteiger partial charge in [0.1, 0.15) is 5.75 Å². The number of aliphatic hydroxyl groups is 2. The zero-order chi connectivity index (χ0) is 18.1. The number of hydrogen-bond donors (Lipinski definition) is 3. The van der Waals surface area contributed by atoms with Crippen molar-refractivity contribution < 1.29 is 14.9 Å². The molecule has 0 radical (unpaired) electrons. The molecule has 0 aromatic heterocycles. The number of nitrogens with one attached hydrogen (secondary N) is 1. The van der Waals surface area contributed by atoms with Crippen molar-refractivity contribution in [1.82, 2.24) is 5.32 Å². The molecule has 4 heteroatoms. The van der Waals surface area contributed by atoms with Gasteiger partial charge in [0.05, 0.1) is 18.8 Å². The summed E-state index contributed by atoms with van der Waals surface area (Å²) < 4.78 is 5.61. The van der Waals surface area contributed by atoms with Gasteiger partial charge in [-0.2, -0.15) is 0 Å². The molecule has 25 heavy (non-hydrogen) atoms. The number of benzene rings is 2. The first-order valence-electron chi connectivity index (χ1n) is 8.99. The van der Waals surface area contributed by atoms with E-state index in [1.165, 1.54) is 0 Å². The molecule has 4 nitrogen and oxygen atoms in total. The molecular formula is C21H29NO3. The van der Waals surface area contributed by atoms with E-state index in [1.54, 1.807) is 0 Å². The van der Waals surface area contributed by atoms with Crippen molar-refractivity contribution in [1.29, 1.82) is 0 Å². The second kappa shape index (κ2) is 10.2. The summed E-state index contributed by atoms with van der Waals surface area (Å²) in [6.45, 7) is 5.31. The summed E-state index contributed by atoms with van der Waals surface area (Å²) in [4.78, 5) is 0. The van der Waals surface area contributed by atoms with Gasteiger partial charge in [0.25, 0.3) is 0 Å². The van der Waals surface area contributed by atoms with Crippen LogP contribution in [0, 0.1) is 0 Å². The molecule has 2 aromatic carbocycles. The third-order valence-electron chi connectivity index (χ3n) is 4.21. The van der Waals surface area contributed by atoms with Gasteiger partial charge in [-0.25, -0.2) is 0 Å². The van der Waals surface area contributed by atoms with Crippen molar-refractivity contribution in [2.24, 2.45) is 0 Å². The van der Waals surface area contributed by atoms with E-state index >= 15 is 0 Å². The zero-order valence-electron chi connectivity index (χ0n) is 15.1. The lowest BCUT2D eigenvalue weighted by molar-refractivity contribution is 0.127. The minimum absolute atomic E-state index is 0.0891. The maximum atomic E-state index is 10.4. The summed E-state index contributed by atoms with van der Waals surface area (Å²) >= 11 is 0. The Morgan fingerprint density at radius 2 is 1.72 bits per heavy atom. The Kier molecular flexibility index (Phi) is 7.92. The van der Waals surface area contributed by atoms with Crippen molar-refractivity contribution in [3.05, 3.63) is 65.7 Å². The number of aliphatic hydroxyl groups excluding tert-OH is 2. The van der Waals surface area contributed by atoms with Crippen molar-refractivity contribution >= 4 is 0 Å². The fourth-order valence-corrected chi connectivity index (χ4v) is 2.70. The first kappa shape index (κ1) is 19.4. The van der Waals surface area contributed by atoms with Crippen LogP contribution < -0.4 is 10.1 Å². The standard InChI is InChI=1S/C21H29NO3/c1-3-14-25-19-11-7-10-18(15-19)20(23)12-13-22-16(2)21(24)17-8-5-4-6-9-17/h4-11,15-16,20-24H,3,12-14H2,1-2H3. The van der Waals surface area contributed by atoms with Gasteiger partial charge in [-0.1, -0.05) is 49.4 Å². The van der Waals surface area contributed by atoms with Gasteiger partial charge in [0, 0.05) is 6.04 Å². The molecule has 3 atom stereocenters. The molecule has 0 heterocycles. The van der Waals surface area contributed by atoms with E-state index in [2.05, 4.69) is 12.2 Å². The molecule has 0 aliphatic carbocycles.